The summed E-state index contributed by atoms with van der Waals surface area (Å²) in [7, 11) is 1.95. The topological polar surface area (TPSA) is 88.7 Å². The predicted molar refractivity (Wildman–Crippen MR) is 125 cm³/mol. The van der Waals surface area contributed by atoms with E-state index in [2.05, 4.69) is 13.8 Å². The number of amides is 2. The smallest absolute Gasteiger partial charge is 0.269 e. The lowest BCUT2D eigenvalue weighted by Crippen LogP contribution is -2.43. The van der Waals surface area contributed by atoms with Crippen molar-refractivity contribution in [3.05, 3.63) is 70.0 Å². The number of non-ortho nitro benzene ring substituents is 1. The van der Waals surface area contributed by atoms with Crippen molar-refractivity contribution in [2.75, 3.05) is 19.6 Å². The second-order valence-corrected chi connectivity index (χ2v) is 8.22. The third-order valence-electron chi connectivity index (χ3n) is 5.00. The number of hydrogen-bond acceptors (Lipinski definition) is 4. The van der Waals surface area contributed by atoms with Crippen LogP contribution in [0.5, 0.6) is 0 Å². The van der Waals surface area contributed by atoms with Gasteiger partial charge in [-0.25, -0.2) is 0 Å². The minimum Gasteiger partial charge on any atom is -0.353 e. The third-order valence-corrected chi connectivity index (χ3v) is 5.00. The quantitative estimate of drug-likeness (QED) is 0.301. The van der Waals surface area contributed by atoms with Crippen molar-refractivity contribution in [2.45, 2.75) is 33.7 Å². The van der Waals surface area contributed by atoms with E-state index in [1.54, 1.807) is 28.0 Å². The Balaban J connectivity index is 2.09. The van der Waals surface area contributed by atoms with Crippen molar-refractivity contribution < 1.29 is 14.5 Å². The largest absolute Gasteiger partial charge is 0.353 e. The number of carbonyl (C=O) groups excluding carboxylic acids is 2. The van der Waals surface area contributed by atoms with Gasteiger partial charge in [-0.3, -0.25) is 19.7 Å². The van der Waals surface area contributed by atoms with Crippen LogP contribution in [-0.4, -0.2) is 50.7 Å². The zero-order chi connectivity index (χ0) is 23.7. The SMILES string of the molecule is CCCN(CC(=O)N(Cc1cccn1C)CC(C)C)C(=O)/C=C/c1ccc([N+](=O)[O-])cc1. The van der Waals surface area contributed by atoms with Crippen LogP contribution in [-0.2, 0) is 23.2 Å². The number of carbonyl (C=O) groups is 2. The molecular formula is C24H32N4O4. The molecule has 0 bridgehead atoms. The molecule has 2 rings (SSSR count). The first-order valence-electron chi connectivity index (χ1n) is 10.8. The Morgan fingerprint density at radius 3 is 2.38 bits per heavy atom. The molecule has 0 spiro atoms. The standard InChI is InChI=1S/C24H32N4O4/c1-5-14-26(23(29)13-10-20-8-11-21(12-9-20)28(31)32)18-24(30)27(16-19(2)3)17-22-7-6-15-25(22)4/h6-13,15,19H,5,14,16-18H2,1-4H3/b13-10+. The molecular weight excluding hydrogens is 408 g/mol. The molecule has 2 amide bonds. The Labute approximate surface area is 189 Å². The van der Waals surface area contributed by atoms with Crippen molar-refractivity contribution in [3.63, 3.8) is 0 Å². The highest BCUT2D eigenvalue weighted by molar-refractivity contribution is 5.94. The van der Waals surface area contributed by atoms with E-state index < -0.39 is 4.92 Å². The van der Waals surface area contributed by atoms with Crippen LogP contribution in [0.1, 0.15) is 38.4 Å². The number of aryl methyl sites for hydroxylation is 1. The van der Waals surface area contributed by atoms with Crippen molar-refractivity contribution in [1.29, 1.82) is 0 Å². The van der Waals surface area contributed by atoms with Gasteiger partial charge < -0.3 is 14.4 Å². The molecule has 32 heavy (non-hydrogen) atoms. The highest BCUT2D eigenvalue weighted by Gasteiger charge is 2.21. The molecule has 0 N–H and O–H groups in total. The number of nitro benzene ring substituents is 1. The summed E-state index contributed by atoms with van der Waals surface area (Å²) in [5, 5.41) is 10.8. The van der Waals surface area contributed by atoms with Crippen LogP contribution in [0.4, 0.5) is 5.69 Å². The van der Waals surface area contributed by atoms with Crippen LogP contribution < -0.4 is 0 Å². The Hall–Kier alpha value is -3.42. The fourth-order valence-electron chi connectivity index (χ4n) is 3.33. The minimum absolute atomic E-state index is 0.00449. The molecule has 1 aromatic carbocycles. The normalized spacial score (nSPS) is 11.2. The van der Waals surface area contributed by atoms with Crippen LogP contribution >= 0.6 is 0 Å². The lowest BCUT2D eigenvalue weighted by molar-refractivity contribution is -0.384. The van der Waals surface area contributed by atoms with E-state index >= 15 is 0 Å². The van der Waals surface area contributed by atoms with Crippen LogP contribution in [0, 0.1) is 16.0 Å². The fourth-order valence-corrected chi connectivity index (χ4v) is 3.33. The number of hydrogen-bond donors (Lipinski definition) is 0. The third kappa shape index (κ3) is 7.37. The average Bonchev–Trinajstić information content (AvgIpc) is 3.15. The van der Waals surface area contributed by atoms with E-state index in [1.165, 1.54) is 18.2 Å². The van der Waals surface area contributed by atoms with Gasteiger partial charge in [-0.05, 0) is 48.2 Å². The first-order chi connectivity index (χ1) is 15.2. The lowest BCUT2D eigenvalue weighted by Gasteiger charge is -2.28. The summed E-state index contributed by atoms with van der Waals surface area (Å²) in [5.74, 6) is -0.0519. The fraction of sp³-hybridized carbons (Fsp3) is 0.417. The molecule has 0 saturated carbocycles. The van der Waals surface area contributed by atoms with E-state index in [0.29, 0.717) is 31.1 Å². The van der Waals surface area contributed by atoms with Gasteiger partial charge in [-0.1, -0.05) is 20.8 Å². The molecule has 0 aliphatic rings. The van der Waals surface area contributed by atoms with Crippen molar-refractivity contribution >= 4 is 23.6 Å². The first kappa shape index (κ1) is 24.8. The van der Waals surface area contributed by atoms with Gasteiger partial charge in [0.15, 0.2) is 0 Å². The molecule has 1 heterocycles. The maximum Gasteiger partial charge on any atom is 0.269 e. The van der Waals surface area contributed by atoms with Gasteiger partial charge >= 0.3 is 0 Å². The number of nitro groups is 1. The highest BCUT2D eigenvalue weighted by Crippen LogP contribution is 2.13. The maximum atomic E-state index is 13.1. The number of rotatable bonds is 11. The van der Waals surface area contributed by atoms with Gasteiger partial charge in [0.1, 0.15) is 6.54 Å². The van der Waals surface area contributed by atoms with Crippen LogP contribution in [0.15, 0.2) is 48.7 Å². The molecule has 0 aliphatic heterocycles. The molecule has 0 saturated heterocycles. The second kappa shape index (κ2) is 11.8. The van der Waals surface area contributed by atoms with Crippen molar-refractivity contribution in [1.82, 2.24) is 14.4 Å². The zero-order valence-corrected chi connectivity index (χ0v) is 19.2. The summed E-state index contributed by atoms with van der Waals surface area (Å²) in [6.45, 7) is 7.66. The van der Waals surface area contributed by atoms with Gasteiger partial charge in [0.2, 0.25) is 11.8 Å². The minimum atomic E-state index is -0.467. The average molecular weight is 441 g/mol. The second-order valence-electron chi connectivity index (χ2n) is 8.22. The Morgan fingerprint density at radius 2 is 1.84 bits per heavy atom. The van der Waals surface area contributed by atoms with Gasteiger partial charge in [0.05, 0.1) is 11.5 Å². The first-order valence-corrected chi connectivity index (χ1v) is 10.8. The molecule has 0 atom stereocenters. The summed E-state index contributed by atoms with van der Waals surface area (Å²) >= 11 is 0. The lowest BCUT2D eigenvalue weighted by atomic mass is 10.2. The van der Waals surface area contributed by atoms with Crippen LogP contribution in [0.25, 0.3) is 6.08 Å². The van der Waals surface area contributed by atoms with E-state index in [1.807, 2.05) is 36.9 Å². The van der Waals surface area contributed by atoms with E-state index in [4.69, 9.17) is 0 Å². The predicted octanol–water partition coefficient (Wildman–Crippen LogP) is 3.87. The molecule has 1 aromatic heterocycles. The molecule has 0 radical (unpaired) electrons. The summed E-state index contributed by atoms with van der Waals surface area (Å²) in [6, 6.07) is 9.89. The van der Waals surface area contributed by atoms with Crippen LogP contribution in [0.2, 0.25) is 0 Å². The number of nitrogens with zero attached hydrogens (tertiary/aromatic N) is 4. The molecule has 2 aromatic rings. The van der Waals surface area contributed by atoms with Crippen LogP contribution in [0.3, 0.4) is 0 Å². The molecule has 0 unspecified atom stereocenters. The molecule has 8 heteroatoms. The Morgan fingerprint density at radius 1 is 1.16 bits per heavy atom. The van der Waals surface area contributed by atoms with Gasteiger partial charge in [0.25, 0.3) is 5.69 Å². The molecule has 8 nitrogen and oxygen atoms in total. The molecule has 0 fully saturated rings. The monoisotopic (exact) mass is 440 g/mol. The van der Waals surface area contributed by atoms with E-state index in [0.717, 1.165) is 12.1 Å². The van der Waals surface area contributed by atoms with E-state index in [-0.39, 0.29) is 24.0 Å². The van der Waals surface area contributed by atoms with E-state index in [9.17, 15) is 19.7 Å². The Kier molecular flexibility index (Phi) is 9.19. The Bertz CT molecular complexity index is 947. The molecule has 0 aliphatic carbocycles. The summed E-state index contributed by atoms with van der Waals surface area (Å²) in [6.07, 6.45) is 5.69. The zero-order valence-electron chi connectivity index (χ0n) is 19.2. The maximum absolute atomic E-state index is 13.1. The summed E-state index contributed by atoms with van der Waals surface area (Å²) in [5.41, 5.74) is 1.71. The molecule has 172 valence electrons. The van der Waals surface area contributed by atoms with Gasteiger partial charge in [-0.2, -0.15) is 0 Å². The summed E-state index contributed by atoms with van der Waals surface area (Å²) < 4.78 is 1.99. The summed E-state index contributed by atoms with van der Waals surface area (Å²) in [4.78, 5) is 39.6. The highest BCUT2D eigenvalue weighted by atomic mass is 16.6. The number of benzene rings is 1. The van der Waals surface area contributed by atoms with Gasteiger partial charge in [-0.15, -0.1) is 0 Å². The van der Waals surface area contributed by atoms with Crippen molar-refractivity contribution in [2.24, 2.45) is 13.0 Å². The number of aromatic nitrogens is 1. The van der Waals surface area contributed by atoms with Gasteiger partial charge in [0, 0.05) is 50.2 Å². The van der Waals surface area contributed by atoms with Crippen molar-refractivity contribution in [3.8, 4) is 0 Å².